The minimum Gasteiger partial charge on any atom is -0.489 e. The van der Waals surface area contributed by atoms with Crippen molar-refractivity contribution >= 4 is 18.3 Å². The molecule has 5 nitrogen and oxygen atoms in total. The van der Waals surface area contributed by atoms with Crippen molar-refractivity contribution in [3.63, 3.8) is 0 Å². The van der Waals surface area contributed by atoms with Gasteiger partial charge in [-0.05, 0) is 18.6 Å². The summed E-state index contributed by atoms with van der Waals surface area (Å²) in [6.45, 7) is 9.94. The number of nitrogens with one attached hydrogen (secondary N) is 1. The van der Waals surface area contributed by atoms with Crippen molar-refractivity contribution in [2.45, 2.75) is 12.5 Å². The van der Waals surface area contributed by atoms with E-state index in [-0.39, 0.29) is 18.3 Å². The number of ether oxygens (including phenoxy) is 1. The first-order chi connectivity index (χ1) is 11.3. The molecule has 6 heteroatoms. The Hall–Kier alpha value is -1.56. The molecule has 0 spiro atoms. The van der Waals surface area contributed by atoms with E-state index in [1.165, 1.54) is 0 Å². The lowest BCUT2D eigenvalue weighted by Gasteiger charge is -2.32. The van der Waals surface area contributed by atoms with Crippen LogP contribution in [0.15, 0.2) is 36.9 Å². The van der Waals surface area contributed by atoms with E-state index in [9.17, 15) is 4.79 Å². The molecule has 1 atom stereocenters. The number of likely N-dealkylation sites (tertiary alicyclic amines) is 1. The standard InChI is InChI=1S/C18H25N3O2.ClH/c1-2-13-23-17-6-4-3-5-16(17)18(22)21-10-7-15(14-21)20-11-8-19-9-12-20;/h2-6,15,19H,1,7-14H2;1H. The van der Waals surface area contributed by atoms with Gasteiger partial charge in [-0.25, -0.2) is 0 Å². The van der Waals surface area contributed by atoms with Gasteiger partial charge < -0.3 is 15.0 Å². The number of carbonyl (C=O) groups is 1. The Bertz CT molecular complexity index is 561. The van der Waals surface area contributed by atoms with Gasteiger partial charge in [0.1, 0.15) is 12.4 Å². The minimum atomic E-state index is 0. The topological polar surface area (TPSA) is 44.8 Å². The van der Waals surface area contributed by atoms with Crippen LogP contribution in [0, 0.1) is 0 Å². The Morgan fingerprint density at radius 3 is 2.79 bits per heavy atom. The van der Waals surface area contributed by atoms with Crippen LogP contribution in [-0.4, -0.2) is 67.6 Å². The van der Waals surface area contributed by atoms with E-state index in [1.54, 1.807) is 6.08 Å². The molecule has 0 radical (unpaired) electrons. The van der Waals surface area contributed by atoms with Crippen LogP contribution in [0.5, 0.6) is 5.75 Å². The van der Waals surface area contributed by atoms with Gasteiger partial charge in [-0.15, -0.1) is 12.4 Å². The summed E-state index contributed by atoms with van der Waals surface area (Å²) in [5.74, 6) is 0.713. The van der Waals surface area contributed by atoms with E-state index >= 15 is 0 Å². The molecular formula is C18H26ClN3O2. The molecule has 132 valence electrons. The molecule has 2 aliphatic rings. The first-order valence-corrected chi connectivity index (χ1v) is 8.36. The molecular weight excluding hydrogens is 326 g/mol. The average Bonchev–Trinajstić information content (AvgIpc) is 3.10. The van der Waals surface area contributed by atoms with Crippen LogP contribution in [0.2, 0.25) is 0 Å². The first kappa shape index (κ1) is 18.8. The molecule has 2 fully saturated rings. The Balaban J connectivity index is 0.00000208. The second-order valence-electron chi connectivity index (χ2n) is 6.08. The predicted molar refractivity (Wildman–Crippen MR) is 98.1 cm³/mol. The zero-order valence-corrected chi connectivity index (χ0v) is 14.8. The van der Waals surface area contributed by atoms with Gasteiger partial charge in [-0.3, -0.25) is 9.69 Å². The number of halogens is 1. The number of piperazine rings is 1. The number of nitrogens with zero attached hydrogens (tertiary/aromatic N) is 2. The molecule has 24 heavy (non-hydrogen) atoms. The van der Waals surface area contributed by atoms with Crippen LogP contribution in [-0.2, 0) is 0 Å². The van der Waals surface area contributed by atoms with Crippen LogP contribution in [0.4, 0.5) is 0 Å². The molecule has 1 amide bonds. The normalized spacial score (nSPS) is 21.2. The van der Waals surface area contributed by atoms with E-state index in [4.69, 9.17) is 4.74 Å². The van der Waals surface area contributed by atoms with Gasteiger partial charge in [0, 0.05) is 45.3 Å². The molecule has 1 N–H and O–H groups in total. The zero-order chi connectivity index (χ0) is 16.1. The fraction of sp³-hybridized carbons (Fsp3) is 0.500. The van der Waals surface area contributed by atoms with E-state index in [0.29, 0.717) is 24.0 Å². The van der Waals surface area contributed by atoms with Crippen molar-refractivity contribution in [3.8, 4) is 5.75 Å². The molecule has 0 bridgehead atoms. The van der Waals surface area contributed by atoms with Gasteiger partial charge in [0.25, 0.3) is 5.91 Å². The summed E-state index contributed by atoms with van der Waals surface area (Å²) in [6, 6.07) is 7.96. The van der Waals surface area contributed by atoms with E-state index in [2.05, 4.69) is 16.8 Å². The molecule has 2 saturated heterocycles. The highest BCUT2D eigenvalue weighted by molar-refractivity contribution is 5.97. The SMILES string of the molecule is C=CCOc1ccccc1C(=O)N1CCC(N2CCNCC2)C1.Cl. The molecule has 0 aromatic heterocycles. The number of rotatable bonds is 5. The molecule has 0 saturated carbocycles. The van der Waals surface area contributed by atoms with Gasteiger partial charge >= 0.3 is 0 Å². The number of hydrogen-bond donors (Lipinski definition) is 1. The Labute approximate surface area is 150 Å². The number of carbonyl (C=O) groups excluding carboxylic acids is 1. The van der Waals surface area contributed by atoms with Gasteiger partial charge in [0.05, 0.1) is 5.56 Å². The van der Waals surface area contributed by atoms with Crippen LogP contribution in [0.1, 0.15) is 16.8 Å². The van der Waals surface area contributed by atoms with E-state index in [0.717, 1.165) is 45.7 Å². The molecule has 1 aromatic carbocycles. The lowest BCUT2D eigenvalue weighted by atomic mass is 10.1. The summed E-state index contributed by atoms with van der Waals surface area (Å²) < 4.78 is 5.63. The average molecular weight is 352 g/mol. The van der Waals surface area contributed by atoms with Crippen molar-refractivity contribution in [2.24, 2.45) is 0 Å². The largest absolute Gasteiger partial charge is 0.489 e. The molecule has 1 aromatic rings. The summed E-state index contributed by atoms with van der Waals surface area (Å²) >= 11 is 0. The molecule has 2 heterocycles. The first-order valence-electron chi connectivity index (χ1n) is 8.36. The predicted octanol–water partition coefficient (Wildman–Crippen LogP) is 1.79. The maximum absolute atomic E-state index is 12.8. The maximum atomic E-state index is 12.8. The number of hydrogen-bond acceptors (Lipinski definition) is 4. The van der Waals surface area contributed by atoms with Gasteiger partial charge in [-0.2, -0.15) is 0 Å². The number of benzene rings is 1. The van der Waals surface area contributed by atoms with Crippen molar-refractivity contribution in [3.05, 3.63) is 42.5 Å². The fourth-order valence-corrected chi connectivity index (χ4v) is 3.36. The maximum Gasteiger partial charge on any atom is 0.257 e. The summed E-state index contributed by atoms with van der Waals surface area (Å²) in [5, 5.41) is 3.38. The van der Waals surface area contributed by atoms with Crippen LogP contribution in [0.3, 0.4) is 0 Å². The van der Waals surface area contributed by atoms with Crippen molar-refractivity contribution in [2.75, 3.05) is 45.9 Å². The summed E-state index contributed by atoms with van der Waals surface area (Å²) in [4.78, 5) is 17.3. The van der Waals surface area contributed by atoms with Crippen molar-refractivity contribution in [1.82, 2.24) is 15.1 Å². The quantitative estimate of drug-likeness (QED) is 0.821. The highest BCUT2D eigenvalue weighted by Crippen LogP contribution is 2.24. The monoisotopic (exact) mass is 351 g/mol. The van der Waals surface area contributed by atoms with Crippen LogP contribution >= 0.6 is 12.4 Å². The molecule has 2 aliphatic heterocycles. The second kappa shape index (κ2) is 9.06. The lowest BCUT2D eigenvalue weighted by molar-refractivity contribution is 0.0769. The Morgan fingerprint density at radius 2 is 2.04 bits per heavy atom. The van der Waals surface area contributed by atoms with Crippen molar-refractivity contribution < 1.29 is 9.53 Å². The second-order valence-corrected chi connectivity index (χ2v) is 6.08. The van der Waals surface area contributed by atoms with Gasteiger partial charge in [0.15, 0.2) is 0 Å². The molecule has 3 rings (SSSR count). The highest BCUT2D eigenvalue weighted by atomic mass is 35.5. The lowest BCUT2D eigenvalue weighted by Crippen LogP contribution is -2.49. The Kier molecular flexibility index (Phi) is 7.09. The summed E-state index contributed by atoms with van der Waals surface area (Å²) in [7, 11) is 0. The smallest absolute Gasteiger partial charge is 0.257 e. The minimum absolute atomic E-state index is 0. The van der Waals surface area contributed by atoms with E-state index < -0.39 is 0 Å². The summed E-state index contributed by atoms with van der Waals surface area (Å²) in [6.07, 6.45) is 2.75. The fourth-order valence-electron chi connectivity index (χ4n) is 3.36. The number of amides is 1. The third-order valence-electron chi connectivity index (χ3n) is 4.59. The van der Waals surface area contributed by atoms with Crippen LogP contribution < -0.4 is 10.1 Å². The Morgan fingerprint density at radius 1 is 1.29 bits per heavy atom. The van der Waals surface area contributed by atoms with Gasteiger partial charge in [0.2, 0.25) is 0 Å². The number of para-hydroxylation sites is 1. The summed E-state index contributed by atoms with van der Waals surface area (Å²) in [5.41, 5.74) is 0.648. The molecule has 0 aliphatic carbocycles. The molecule has 1 unspecified atom stereocenters. The highest BCUT2D eigenvalue weighted by Gasteiger charge is 2.32. The third kappa shape index (κ3) is 4.29. The van der Waals surface area contributed by atoms with Crippen molar-refractivity contribution in [1.29, 1.82) is 0 Å². The third-order valence-corrected chi connectivity index (χ3v) is 4.59. The van der Waals surface area contributed by atoms with Crippen LogP contribution in [0.25, 0.3) is 0 Å². The zero-order valence-electron chi connectivity index (χ0n) is 13.9. The van der Waals surface area contributed by atoms with Gasteiger partial charge in [-0.1, -0.05) is 24.8 Å². The van der Waals surface area contributed by atoms with E-state index in [1.807, 2.05) is 29.2 Å².